The fourth-order valence-electron chi connectivity index (χ4n) is 5.30. The van der Waals surface area contributed by atoms with E-state index < -0.39 is 6.04 Å². The molecular formula is C29H30FN3O3. The summed E-state index contributed by atoms with van der Waals surface area (Å²) in [5.41, 5.74) is 1.98. The molecule has 36 heavy (non-hydrogen) atoms. The van der Waals surface area contributed by atoms with Gasteiger partial charge >= 0.3 is 0 Å². The average molecular weight is 488 g/mol. The van der Waals surface area contributed by atoms with Gasteiger partial charge in [-0.2, -0.15) is 0 Å². The number of carbonyl (C=O) groups is 3. The smallest absolute Gasteiger partial charge is 0.259 e. The van der Waals surface area contributed by atoms with Crippen molar-refractivity contribution in [2.75, 3.05) is 11.4 Å². The predicted molar refractivity (Wildman–Crippen MR) is 137 cm³/mol. The molecule has 0 spiro atoms. The number of anilines is 1. The van der Waals surface area contributed by atoms with Crippen LogP contribution >= 0.6 is 0 Å². The lowest BCUT2D eigenvalue weighted by atomic mass is 9.95. The first-order chi connectivity index (χ1) is 17.4. The molecule has 2 aliphatic rings. The topological polar surface area (TPSA) is 69.7 Å². The maximum absolute atomic E-state index is 13.7. The first-order valence-corrected chi connectivity index (χ1v) is 12.6. The van der Waals surface area contributed by atoms with E-state index in [0.717, 1.165) is 36.5 Å². The highest BCUT2D eigenvalue weighted by Crippen LogP contribution is 2.37. The van der Waals surface area contributed by atoms with Gasteiger partial charge in [-0.25, -0.2) is 4.39 Å². The first kappa shape index (κ1) is 24.0. The number of halogens is 1. The number of nitrogens with one attached hydrogen (secondary N) is 1. The minimum absolute atomic E-state index is 0.115. The van der Waals surface area contributed by atoms with Gasteiger partial charge in [0.05, 0.1) is 5.69 Å². The van der Waals surface area contributed by atoms with Gasteiger partial charge in [-0.3, -0.25) is 19.3 Å². The lowest BCUT2D eigenvalue weighted by Gasteiger charge is -2.32. The fraction of sp³-hybridized carbons (Fsp3) is 0.345. The van der Waals surface area contributed by atoms with Gasteiger partial charge in [0, 0.05) is 23.5 Å². The number of amides is 3. The Kier molecular flexibility index (Phi) is 6.72. The number of hydrogen-bond donors (Lipinski definition) is 1. The van der Waals surface area contributed by atoms with Crippen LogP contribution < -0.4 is 10.2 Å². The molecule has 3 aromatic rings. The van der Waals surface area contributed by atoms with Crippen molar-refractivity contribution >= 4 is 34.2 Å². The number of hydrogen-bond acceptors (Lipinski definition) is 3. The van der Waals surface area contributed by atoms with E-state index in [4.69, 9.17) is 0 Å². The highest BCUT2D eigenvalue weighted by Gasteiger charge is 2.34. The van der Waals surface area contributed by atoms with E-state index >= 15 is 0 Å². The summed E-state index contributed by atoms with van der Waals surface area (Å²) >= 11 is 0. The first-order valence-electron chi connectivity index (χ1n) is 12.6. The normalized spacial score (nSPS) is 16.3. The summed E-state index contributed by atoms with van der Waals surface area (Å²) in [5, 5.41) is 4.89. The van der Waals surface area contributed by atoms with Gasteiger partial charge in [0.15, 0.2) is 0 Å². The molecule has 0 radical (unpaired) electrons. The molecule has 1 N–H and O–H groups in total. The lowest BCUT2D eigenvalue weighted by molar-refractivity contribution is -0.139. The quantitative estimate of drug-likeness (QED) is 0.520. The maximum Gasteiger partial charge on any atom is 0.259 e. The van der Waals surface area contributed by atoms with Crippen LogP contribution in [0.5, 0.6) is 0 Å². The van der Waals surface area contributed by atoms with Gasteiger partial charge in [0.1, 0.15) is 18.4 Å². The third-order valence-electron chi connectivity index (χ3n) is 7.33. The number of benzene rings is 3. The van der Waals surface area contributed by atoms with E-state index in [1.165, 1.54) is 28.4 Å². The van der Waals surface area contributed by atoms with Crippen LogP contribution in [0, 0.1) is 5.82 Å². The largest absolute Gasteiger partial charge is 0.352 e. The monoisotopic (exact) mass is 487 g/mol. The van der Waals surface area contributed by atoms with Crippen molar-refractivity contribution in [1.82, 2.24) is 10.2 Å². The summed E-state index contributed by atoms with van der Waals surface area (Å²) in [7, 11) is 0. The van der Waals surface area contributed by atoms with Gasteiger partial charge in [0.2, 0.25) is 11.8 Å². The van der Waals surface area contributed by atoms with Gasteiger partial charge in [-0.15, -0.1) is 0 Å². The summed E-state index contributed by atoms with van der Waals surface area (Å²) in [6.45, 7) is 1.66. The number of carbonyl (C=O) groups excluding carboxylic acids is 3. The second-order valence-corrected chi connectivity index (χ2v) is 9.74. The van der Waals surface area contributed by atoms with Crippen LogP contribution in [0.15, 0.2) is 60.7 Å². The van der Waals surface area contributed by atoms with Crippen LogP contribution in [0.4, 0.5) is 10.1 Å². The molecule has 5 rings (SSSR count). The van der Waals surface area contributed by atoms with E-state index in [1.54, 1.807) is 25.1 Å². The summed E-state index contributed by atoms with van der Waals surface area (Å²) in [6, 6.07) is 16.5. The second kappa shape index (κ2) is 10.1. The molecule has 1 heterocycles. The third kappa shape index (κ3) is 4.70. The predicted octanol–water partition coefficient (Wildman–Crippen LogP) is 4.81. The molecule has 1 aliphatic carbocycles. The van der Waals surface area contributed by atoms with Crippen LogP contribution in [0.2, 0.25) is 0 Å². The molecule has 1 unspecified atom stereocenters. The Morgan fingerprint density at radius 2 is 1.72 bits per heavy atom. The molecule has 3 amide bonds. The number of nitrogens with zero attached hydrogens (tertiary/aromatic N) is 2. The van der Waals surface area contributed by atoms with E-state index in [2.05, 4.69) is 5.32 Å². The Labute approximate surface area is 210 Å². The summed E-state index contributed by atoms with van der Waals surface area (Å²) in [6.07, 6.45) is 5.22. The minimum Gasteiger partial charge on any atom is -0.352 e. The van der Waals surface area contributed by atoms with Crippen LogP contribution in [0.3, 0.4) is 0 Å². The molecule has 0 saturated heterocycles. The second-order valence-electron chi connectivity index (χ2n) is 9.74. The average Bonchev–Trinajstić information content (AvgIpc) is 3.16. The van der Waals surface area contributed by atoms with Crippen molar-refractivity contribution in [1.29, 1.82) is 0 Å². The Balaban J connectivity index is 1.39. The summed E-state index contributed by atoms with van der Waals surface area (Å²) < 4.78 is 13.5. The Hall–Kier alpha value is -3.74. The van der Waals surface area contributed by atoms with Crippen LogP contribution in [0.25, 0.3) is 10.8 Å². The van der Waals surface area contributed by atoms with Crippen LogP contribution in [-0.4, -0.2) is 41.2 Å². The van der Waals surface area contributed by atoms with Crippen molar-refractivity contribution in [2.45, 2.75) is 57.7 Å². The molecule has 0 bridgehead atoms. The van der Waals surface area contributed by atoms with E-state index in [0.29, 0.717) is 16.8 Å². The van der Waals surface area contributed by atoms with Gasteiger partial charge in [-0.05, 0) is 55.0 Å². The standard InChI is InChI=1S/C29H30FN3O3/c1-19(28(35)31-23-9-3-2-4-10-23)32(17-20-13-15-22(30)16-14-20)26(34)18-33-25-12-6-8-21-7-5-11-24(27(21)25)29(33)36/h5-8,11-16,19,23H,2-4,9-10,17-18H2,1H3,(H,31,35). The SMILES string of the molecule is CC(C(=O)NC1CCCCC1)N(Cc1ccc(F)cc1)C(=O)CN1C(=O)c2cccc3cccc1c23. The van der Waals surface area contributed by atoms with E-state index in [1.807, 2.05) is 30.3 Å². The Morgan fingerprint density at radius 1 is 1.03 bits per heavy atom. The van der Waals surface area contributed by atoms with Crippen molar-refractivity contribution in [3.63, 3.8) is 0 Å². The maximum atomic E-state index is 13.7. The Morgan fingerprint density at radius 3 is 2.44 bits per heavy atom. The molecule has 3 aromatic carbocycles. The lowest BCUT2D eigenvalue weighted by Crippen LogP contribution is -2.52. The Bertz CT molecular complexity index is 1300. The molecule has 186 valence electrons. The van der Waals surface area contributed by atoms with Crippen LogP contribution in [-0.2, 0) is 16.1 Å². The van der Waals surface area contributed by atoms with Crippen molar-refractivity contribution in [3.05, 3.63) is 77.6 Å². The van der Waals surface area contributed by atoms with Crippen LogP contribution in [0.1, 0.15) is 54.9 Å². The molecule has 1 atom stereocenters. The minimum atomic E-state index is -0.750. The zero-order chi connectivity index (χ0) is 25.2. The molecule has 1 aliphatic heterocycles. The molecular weight excluding hydrogens is 457 g/mol. The third-order valence-corrected chi connectivity index (χ3v) is 7.33. The fourth-order valence-corrected chi connectivity index (χ4v) is 5.30. The van der Waals surface area contributed by atoms with Gasteiger partial charge < -0.3 is 10.2 Å². The molecule has 6 nitrogen and oxygen atoms in total. The molecule has 1 saturated carbocycles. The summed E-state index contributed by atoms with van der Waals surface area (Å²) in [5.74, 6) is -1.15. The highest BCUT2D eigenvalue weighted by atomic mass is 19.1. The van der Waals surface area contributed by atoms with Crippen molar-refractivity contribution in [2.24, 2.45) is 0 Å². The van der Waals surface area contributed by atoms with Gasteiger partial charge in [0.25, 0.3) is 5.91 Å². The molecule has 7 heteroatoms. The van der Waals surface area contributed by atoms with E-state index in [-0.39, 0.29) is 42.7 Å². The highest BCUT2D eigenvalue weighted by molar-refractivity contribution is 6.26. The summed E-state index contributed by atoms with van der Waals surface area (Å²) in [4.78, 5) is 43.1. The zero-order valence-electron chi connectivity index (χ0n) is 20.4. The van der Waals surface area contributed by atoms with Gasteiger partial charge in [-0.1, -0.05) is 55.7 Å². The van der Waals surface area contributed by atoms with E-state index in [9.17, 15) is 18.8 Å². The zero-order valence-corrected chi connectivity index (χ0v) is 20.4. The van der Waals surface area contributed by atoms with Crippen molar-refractivity contribution in [3.8, 4) is 0 Å². The number of rotatable bonds is 7. The molecule has 0 aromatic heterocycles. The van der Waals surface area contributed by atoms with Crippen molar-refractivity contribution < 1.29 is 18.8 Å². The molecule has 1 fully saturated rings.